The highest BCUT2D eigenvalue weighted by atomic mass is 16.5. The van der Waals surface area contributed by atoms with Gasteiger partial charge >= 0.3 is 0 Å². The zero-order chi connectivity index (χ0) is 20.2. The van der Waals surface area contributed by atoms with Gasteiger partial charge in [0.1, 0.15) is 11.6 Å². The van der Waals surface area contributed by atoms with Crippen LogP contribution in [0.4, 0.5) is 0 Å². The fourth-order valence-corrected chi connectivity index (χ4v) is 3.16. The number of rotatable bonds is 7. The zero-order valence-electron chi connectivity index (χ0n) is 16.4. The lowest BCUT2D eigenvalue weighted by Gasteiger charge is -2.17. The second-order valence-corrected chi connectivity index (χ2v) is 6.68. The van der Waals surface area contributed by atoms with Crippen molar-refractivity contribution in [3.8, 4) is 17.1 Å². The summed E-state index contributed by atoms with van der Waals surface area (Å²) in [6, 6.07) is 15.0. The lowest BCUT2D eigenvalue weighted by Crippen LogP contribution is -2.25. The van der Waals surface area contributed by atoms with Gasteiger partial charge < -0.3 is 14.1 Å². The summed E-state index contributed by atoms with van der Waals surface area (Å²) in [6.45, 7) is 3.82. The molecule has 29 heavy (non-hydrogen) atoms. The van der Waals surface area contributed by atoms with E-state index in [1.54, 1.807) is 19.4 Å². The third-order valence-electron chi connectivity index (χ3n) is 4.77. The molecule has 2 aromatic heterocycles. The van der Waals surface area contributed by atoms with E-state index in [1.807, 2.05) is 49.4 Å². The number of aromatic amines is 1. The lowest BCUT2D eigenvalue weighted by molar-refractivity contribution is 0.238. The Morgan fingerprint density at radius 1 is 1.10 bits per heavy atom. The molecule has 0 aliphatic carbocycles. The van der Waals surface area contributed by atoms with Crippen molar-refractivity contribution in [3.05, 3.63) is 76.8 Å². The number of nitrogens with zero attached hydrogens (tertiary/aromatic N) is 3. The van der Waals surface area contributed by atoms with Gasteiger partial charge in [0.05, 0.1) is 37.3 Å². The van der Waals surface area contributed by atoms with E-state index in [2.05, 4.69) is 19.9 Å². The van der Waals surface area contributed by atoms with Gasteiger partial charge in [-0.3, -0.25) is 9.69 Å². The van der Waals surface area contributed by atoms with Crippen LogP contribution in [0.15, 0.2) is 63.9 Å². The molecule has 0 radical (unpaired) electrons. The quantitative estimate of drug-likeness (QED) is 0.519. The second-order valence-electron chi connectivity index (χ2n) is 6.68. The highest BCUT2D eigenvalue weighted by molar-refractivity contribution is 5.77. The molecule has 148 valence electrons. The molecule has 0 aliphatic heterocycles. The minimum atomic E-state index is -0.125. The number of hydrogen-bond donors (Lipinski definition) is 1. The molecule has 0 unspecified atom stereocenters. The van der Waals surface area contributed by atoms with Crippen molar-refractivity contribution >= 4 is 10.9 Å². The highest BCUT2D eigenvalue weighted by Gasteiger charge is 2.13. The van der Waals surface area contributed by atoms with Crippen LogP contribution >= 0.6 is 0 Å². The van der Waals surface area contributed by atoms with E-state index in [-0.39, 0.29) is 5.56 Å². The fourth-order valence-electron chi connectivity index (χ4n) is 3.16. The molecular formula is C22H22N4O3. The van der Waals surface area contributed by atoms with Crippen LogP contribution in [0, 0.1) is 0 Å². The van der Waals surface area contributed by atoms with E-state index in [0.717, 1.165) is 17.9 Å². The predicted molar refractivity (Wildman–Crippen MR) is 111 cm³/mol. The molecule has 0 aliphatic rings. The van der Waals surface area contributed by atoms with Crippen LogP contribution in [0.1, 0.15) is 18.6 Å². The Morgan fingerprint density at radius 3 is 2.66 bits per heavy atom. The molecule has 0 saturated heterocycles. The zero-order valence-corrected chi connectivity index (χ0v) is 16.4. The predicted octanol–water partition coefficient (Wildman–Crippen LogP) is 3.61. The molecule has 0 spiro atoms. The number of methoxy groups -OCH3 is 1. The number of hydrogen-bond acceptors (Lipinski definition) is 6. The Morgan fingerprint density at radius 2 is 1.90 bits per heavy atom. The Bertz CT molecular complexity index is 1160. The summed E-state index contributed by atoms with van der Waals surface area (Å²) in [5.41, 5.74) is 1.51. The van der Waals surface area contributed by atoms with E-state index in [0.29, 0.717) is 41.5 Å². The van der Waals surface area contributed by atoms with E-state index >= 15 is 0 Å². The number of benzene rings is 2. The van der Waals surface area contributed by atoms with E-state index in [1.165, 1.54) is 0 Å². The number of H-pyrrole nitrogens is 1. The molecule has 4 rings (SSSR count). The molecule has 7 heteroatoms. The van der Waals surface area contributed by atoms with Crippen molar-refractivity contribution < 1.29 is 9.15 Å². The van der Waals surface area contributed by atoms with Crippen molar-refractivity contribution in [1.29, 1.82) is 0 Å². The monoisotopic (exact) mass is 390 g/mol. The molecule has 1 N–H and O–H groups in total. The summed E-state index contributed by atoms with van der Waals surface area (Å²) in [6.07, 6.45) is 1.72. The van der Waals surface area contributed by atoms with Crippen LogP contribution in [0.2, 0.25) is 0 Å². The first-order chi connectivity index (χ1) is 14.2. The first-order valence-electron chi connectivity index (χ1n) is 9.45. The maximum Gasteiger partial charge on any atom is 0.258 e. The van der Waals surface area contributed by atoms with Crippen LogP contribution in [-0.2, 0) is 13.1 Å². The number of aromatic nitrogens is 3. The standard InChI is InChI=1S/C22H22N4O3/c1-3-26(13-20-24-18-7-5-4-6-17(18)22(27)25-20)14-21-23-12-19(29-21)15-8-10-16(28-2)11-9-15/h4-12H,3,13-14H2,1-2H3,(H,24,25,27). The number of oxazole rings is 1. The minimum Gasteiger partial charge on any atom is -0.497 e. The molecule has 2 heterocycles. The Kier molecular flexibility index (Phi) is 5.39. The van der Waals surface area contributed by atoms with Crippen LogP contribution in [0.25, 0.3) is 22.2 Å². The first kappa shape index (κ1) is 18.9. The van der Waals surface area contributed by atoms with Crippen molar-refractivity contribution in [3.63, 3.8) is 0 Å². The molecule has 7 nitrogen and oxygen atoms in total. The summed E-state index contributed by atoms with van der Waals surface area (Å²) < 4.78 is 11.1. The van der Waals surface area contributed by atoms with Gasteiger partial charge in [0, 0.05) is 5.56 Å². The molecule has 0 bridgehead atoms. The number of nitrogens with one attached hydrogen (secondary N) is 1. The van der Waals surface area contributed by atoms with Gasteiger partial charge in [0.15, 0.2) is 5.76 Å². The number of fused-ring (bicyclic) bond motifs is 1. The summed E-state index contributed by atoms with van der Waals surface area (Å²) in [4.78, 5) is 26.2. The fraction of sp³-hybridized carbons (Fsp3) is 0.227. The van der Waals surface area contributed by atoms with Crippen LogP contribution in [0.3, 0.4) is 0 Å². The SMILES string of the molecule is CCN(Cc1nc2ccccc2c(=O)[nH]1)Cc1ncc(-c2ccc(OC)cc2)o1. The van der Waals surface area contributed by atoms with E-state index in [4.69, 9.17) is 9.15 Å². The van der Waals surface area contributed by atoms with Gasteiger partial charge in [0.2, 0.25) is 5.89 Å². The van der Waals surface area contributed by atoms with Crippen molar-refractivity contribution in [2.24, 2.45) is 0 Å². The van der Waals surface area contributed by atoms with Gasteiger partial charge in [0.25, 0.3) is 5.56 Å². The topological polar surface area (TPSA) is 84.2 Å². The van der Waals surface area contributed by atoms with Gasteiger partial charge in [-0.05, 0) is 42.9 Å². The molecular weight excluding hydrogens is 368 g/mol. The largest absolute Gasteiger partial charge is 0.497 e. The first-order valence-corrected chi connectivity index (χ1v) is 9.45. The second kappa shape index (κ2) is 8.28. The maximum absolute atomic E-state index is 12.3. The van der Waals surface area contributed by atoms with Crippen LogP contribution in [-0.4, -0.2) is 33.5 Å². The highest BCUT2D eigenvalue weighted by Crippen LogP contribution is 2.23. The van der Waals surface area contributed by atoms with Gasteiger partial charge in [-0.1, -0.05) is 19.1 Å². The van der Waals surface area contributed by atoms with Crippen molar-refractivity contribution in [2.45, 2.75) is 20.0 Å². The molecule has 0 atom stereocenters. The van der Waals surface area contributed by atoms with Crippen molar-refractivity contribution in [2.75, 3.05) is 13.7 Å². The molecule has 0 fully saturated rings. The Balaban J connectivity index is 1.49. The summed E-state index contributed by atoms with van der Waals surface area (Å²) >= 11 is 0. The average molecular weight is 390 g/mol. The van der Waals surface area contributed by atoms with Gasteiger partial charge in [-0.25, -0.2) is 9.97 Å². The van der Waals surface area contributed by atoms with Gasteiger partial charge in [-0.2, -0.15) is 0 Å². The van der Waals surface area contributed by atoms with Crippen LogP contribution < -0.4 is 10.3 Å². The minimum absolute atomic E-state index is 0.125. The normalized spacial score (nSPS) is 11.3. The maximum atomic E-state index is 12.3. The third kappa shape index (κ3) is 4.20. The average Bonchev–Trinajstić information content (AvgIpc) is 3.22. The Labute approximate surface area is 168 Å². The molecule has 4 aromatic rings. The molecule has 0 amide bonds. The van der Waals surface area contributed by atoms with E-state index < -0.39 is 0 Å². The molecule has 2 aromatic carbocycles. The summed E-state index contributed by atoms with van der Waals surface area (Å²) in [5, 5.41) is 0.594. The summed E-state index contributed by atoms with van der Waals surface area (Å²) in [7, 11) is 1.64. The number of para-hydroxylation sites is 1. The van der Waals surface area contributed by atoms with Crippen LogP contribution in [0.5, 0.6) is 5.75 Å². The van der Waals surface area contributed by atoms with Gasteiger partial charge in [-0.15, -0.1) is 0 Å². The third-order valence-corrected chi connectivity index (χ3v) is 4.77. The molecule has 0 saturated carbocycles. The number of ether oxygens (including phenoxy) is 1. The smallest absolute Gasteiger partial charge is 0.258 e. The van der Waals surface area contributed by atoms with E-state index in [9.17, 15) is 4.79 Å². The Hall–Kier alpha value is -3.45. The lowest BCUT2D eigenvalue weighted by atomic mass is 10.2. The summed E-state index contributed by atoms with van der Waals surface area (Å²) in [5.74, 6) is 2.73. The van der Waals surface area contributed by atoms with Crippen molar-refractivity contribution in [1.82, 2.24) is 19.9 Å².